The molecule has 0 unspecified atom stereocenters. The Morgan fingerprint density at radius 1 is 0.967 bits per heavy atom. The number of nitrogens with one attached hydrogen (secondary N) is 2. The van der Waals surface area contributed by atoms with Crippen molar-refractivity contribution in [2.45, 2.75) is 6.92 Å². The molecule has 0 aliphatic heterocycles. The summed E-state index contributed by atoms with van der Waals surface area (Å²) in [6.07, 6.45) is 4.50. The summed E-state index contributed by atoms with van der Waals surface area (Å²) in [5.74, 6) is -0.0105. The highest BCUT2D eigenvalue weighted by Crippen LogP contribution is 2.15. The third-order valence-electron chi connectivity index (χ3n) is 4.14. The molecule has 0 aliphatic rings. The molecule has 0 atom stereocenters. The van der Waals surface area contributed by atoms with Crippen LogP contribution in [-0.2, 0) is 0 Å². The fourth-order valence-corrected chi connectivity index (χ4v) is 2.60. The minimum Gasteiger partial charge on any atom is -0.301 e. The zero-order chi connectivity index (χ0) is 21.7. The summed E-state index contributed by atoms with van der Waals surface area (Å²) in [7, 11) is 0. The van der Waals surface area contributed by atoms with E-state index in [0.717, 1.165) is 5.56 Å². The molecule has 1 heterocycles. The van der Waals surface area contributed by atoms with Gasteiger partial charge >= 0.3 is 16.9 Å². The Bertz CT molecular complexity index is 1270. The summed E-state index contributed by atoms with van der Waals surface area (Å²) in [4.78, 5) is 52.9. The highest BCUT2D eigenvalue weighted by Gasteiger charge is 2.18. The maximum absolute atomic E-state index is 11.6. The molecule has 0 saturated carbocycles. The van der Waals surface area contributed by atoms with Gasteiger partial charge in [-0.2, -0.15) is 0 Å². The summed E-state index contributed by atoms with van der Waals surface area (Å²) in [5.41, 5.74) is 0.0339. The van der Waals surface area contributed by atoms with Crippen LogP contribution in [0, 0.1) is 10.1 Å². The Hall–Kier alpha value is -4.40. The topological polar surface area (TPSA) is 138 Å². The number of carbonyl (C=O) groups is 1. The number of hydrogen-bond acceptors (Lipinski definition) is 6. The number of ketones is 1. The standard InChI is InChI=1S/C21H16N4O5/c1-13(26)16-7-9-17(10-8-16)22-12-15-4-2-14(3-5-15)6-11-18-19(25(29)30)20(27)24-21(28)23-18/h2-12H,1H3,(H2,23,24,27,28). The SMILES string of the molecule is CC(=O)c1ccc(N=Cc2ccc(C=Cc3[nH]c(=O)[nH]c(=O)c3[N+](=O)[O-])cc2)cc1. The molecule has 0 bridgehead atoms. The molecule has 0 fully saturated rings. The number of hydrogen-bond donors (Lipinski definition) is 2. The predicted molar refractivity (Wildman–Crippen MR) is 113 cm³/mol. The van der Waals surface area contributed by atoms with Gasteiger partial charge in [-0.15, -0.1) is 0 Å². The second kappa shape index (κ2) is 8.74. The lowest BCUT2D eigenvalue weighted by Crippen LogP contribution is -2.25. The Kier molecular flexibility index (Phi) is 5.92. The van der Waals surface area contributed by atoms with Crippen LogP contribution in [0.1, 0.15) is 34.1 Å². The third kappa shape index (κ3) is 4.90. The number of aliphatic imine (C=N–C) groups is 1. The highest BCUT2D eigenvalue weighted by atomic mass is 16.6. The molecule has 0 spiro atoms. The smallest absolute Gasteiger partial charge is 0.301 e. The molecule has 9 heteroatoms. The van der Waals surface area contributed by atoms with E-state index in [1.165, 1.54) is 13.0 Å². The van der Waals surface area contributed by atoms with Crippen LogP contribution in [-0.4, -0.2) is 26.9 Å². The second-order valence-corrected chi connectivity index (χ2v) is 6.29. The van der Waals surface area contributed by atoms with Crippen molar-refractivity contribution in [3.05, 3.63) is 102 Å². The molecule has 30 heavy (non-hydrogen) atoms. The zero-order valence-electron chi connectivity index (χ0n) is 15.8. The summed E-state index contributed by atoms with van der Waals surface area (Å²) in [6.45, 7) is 1.50. The Labute approximate surface area is 169 Å². The van der Waals surface area contributed by atoms with Gasteiger partial charge in [0.15, 0.2) is 5.78 Å². The lowest BCUT2D eigenvalue weighted by molar-refractivity contribution is -0.386. The number of nitrogens with zero attached hydrogens (tertiary/aromatic N) is 2. The van der Waals surface area contributed by atoms with Gasteiger partial charge in [0.25, 0.3) is 0 Å². The summed E-state index contributed by atoms with van der Waals surface area (Å²) in [5, 5.41) is 11.0. The van der Waals surface area contributed by atoms with Gasteiger partial charge in [0.2, 0.25) is 0 Å². The van der Waals surface area contributed by atoms with E-state index in [0.29, 0.717) is 16.8 Å². The van der Waals surface area contributed by atoms with Crippen LogP contribution >= 0.6 is 0 Å². The van der Waals surface area contributed by atoms with E-state index in [9.17, 15) is 24.5 Å². The molecule has 2 aromatic carbocycles. The van der Waals surface area contributed by atoms with Crippen molar-refractivity contribution in [1.29, 1.82) is 0 Å². The van der Waals surface area contributed by atoms with Crippen LogP contribution in [0.15, 0.2) is 63.1 Å². The van der Waals surface area contributed by atoms with Crippen molar-refractivity contribution in [1.82, 2.24) is 9.97 Å². The first-order valence-corrected chi connectivity index (χ1v) is 8.78. The molecule has 0 amide bonds. The van der Waals surface area contributed by atoms with Gasteiger partial charge in [0.05, 0.1) is 10.6 Å². The van der Waals surface area contributed by atoms with Crippen LogP contribution in [0.2, 0.25) is 0 Å². The second-order valence-electron chi connectivity index (χ2n) is 6.29. The van der Waals surface area contributed by atoms with Crippen molar-refractivity contribution < 1.29 is 9.72 Å². The number of rotatable bonds is 6. The summed E-state index contributed by atoms with van der Waals surface area (Å²) in [6, 6.07) is 14.0. The highest BCUT2D eigenvalue weighted by molar-refractivity contribution is 5.94. The van der Waals surface area contributed by atoms with E-state index in [2.05, 4.69) is 9.98 Å². The molecule has 150 valence electrons. The monoisotopic (exact) mass is 404 g/mol. The zero-order valence-corrected chi connectivity index (χ0v) is 15.8. The number of carbonyl (C=O) groups excluding carboxylic acids is 1. The molecule has 2 N–H and O–H groups in total. The number of H-pyrrole nitrogens is 2. The fraction of sp³-hybridized carbons (Fsp3) is 0.0476. The number of aromatic nitrogens is 2. The minimum absolute atomic E-state index is 0.0105. The van der Waals surface area contributed by atoms with Gasteiger partial charge in [-0.3, -0.25) is 29.7 Å². The number of nitro groups is 1. The first kappa shape index (κ1) is 20.3. The molecule has 9 nitrogen and oxygen atoms in total. The maximum Gasteiger partial charge on any atom is 0.357 e. The van der Waals surface area contributed by atoms with Crippen LogP contribution < -0.4 is 11.2 Å². The molecule has 0 radical (unpaired) electrons. The summed E-state index contributed by atoms with van der Waals surface area (Å²) >= 11 is 0. The number of aromatic amines is 2. The van der Waals surface area contributed by atoms with Gasteiger partial charge in [0.1, 0.15) is 5.69 Å². The minimum atomic E-state index is -1.06. The summed E-state index contributed by atoms with van der Waals surface area (Å²) < 4.78 is 0. The lowest BCUT2D eigenvalue weighted by atomic mass is 10.1. The molecule has 0 saturated heterocycles. The lowest BCUT2D eigenvalue weighted by Gasteiger charge is -1.99. The van der Waals surface area contributed by atoms with Crippen molar-refractivity contribution in [3.8, 4) is 0 Å². The quantitative estimate of drug-likeness (QED) is 0.281. The fourth-order valence-electron chi connectivity index (χ4n) is 2.60. The molecule has 3 aromatic rings. The third-order valence-corrected chi connectivity index (χ3v) is 4.14. The Balaban J connectivity index is 1.76. The largest absolute Gasteiger partial charge is 0.357 e. The first-order valence-electron chi connectivity index (χ1n) is 8.78. The van der Waals surface area contributed by atoms with Gasteiger partial charge in [-0.1, -0.05) is 30.3 Å². The molecular formula is C21H16N4O5. The van der Waals surface area contributed by atoms with E-state index in [4.69, 9.17) is 0 Å². The number of benzene rings is 2. The van der Waals surface area contributed by atoms with Crippen LogP contribution in [0.25, 0.3) is 12.2 Å². The average molecular weight is 404 g/mol. The van der Waals surface area contributed by atoms with Gasteiger partial charge in [-0.25, -0.2) is 4.79 Å². The average Bonchev–Trinajstić information content (AvgIpc) is 2.71. The van der Waals surface area contributed by atoms with Crippen LogP contribution in [0.3, 0.4) is 0 Å². The van der Waals surface area contributed by atoms with Gasteiger partial charge in [-0.05, 0) is 48.4 Å². The van der Waals surface area contributed by atoms with E-state index in [1.807, 2.05) is 4.98 Å². The van der Waals surface area contributed by atoms with E-state index in [1.54, 1.807) is 60.8 Å². The van der Waals surface area contributed by atoms with E-state index >= 15 is 0 Å². The predicted octanol–water partition coefficient (Wildman–Crippen LogP) is 3.10. The first-order chi connectivity index (χ1) is 14.3. The van der Waals surface area contributed by atoms with E-state index < -0.39 is 21.9 Å². The Morgan fingerprint density at radius 2 is 1.60 bits per heavy atom. The molecule has 3 rings (SSSR count). The number of Topliss-reactive ketones (excluding diaryl/α,β-unsaturated/α-hetero) is 1. The van der Waals surface area contributed by atoms with E-state index in [-0.39, 0.29) is 11.5 Å². The van der Waals surface area contributed by atoms with Crippen molar-refractivity contribution in [2.75, 3.05) is 0 Å². The van der Waals surface area contributed by atoms with Crippen molar-refractivity contribution in [2.24, 2.45) is 4.99 Å². The van der Waals surface area contributed by atoms with Crippen molar-refractivity contribution >= 4 is 35.5 Å². The normalized spacial score (nSPS) is 11.2. The van der Waals surface area contributed by atoms with Crippen LogP contribution in [0.5, 0.6) is 0 Å². The molecule has 1 aromatic heterocycles. The van der Waals surface area contributed by atoms with Crippen molar-refractivity contribution in [3.63, 3.8) is 0 Å². The van der Waals surface area contributed by atoms with Gasteiger partial charge < -0.3 is 4.98 Å². The molecular weight excluding hydrogens is 388 g/mol. The molecule has 0 aliphatic carbocycles. The van der Waals surface area contributed by atoms with Gasteiger partial charge in [0, 0.05) is 11.8 Å². The maximum atomic E-state index is 11.6. The Morgan fingerprint density at radius 3 is 2.20 bits per heavy atom. The van der Waals surface area contributed by atoms with Crippen LogP contribution in [0.4, 0.5) is 11.4 Å².